The van der Waals surface area contributed by atoms with Crippen molar-refractivity contribution < 1.29 is 9.53 Å². The highest BCUT2D eigenvalue weighted by Gasteiger charge is 2.40. The van der Waals surface area contributed by atoms with Crippen LogP contribution in [-0.4, -0.2) is 19.2 Å². The fraction of sp³-hybridized carbons (Fsp3) is 0.364. The average molecular weight is 270 g/mol. The fourth-order valence-corrected chi connectivity index (χ4v) is 2.26. The molecule has 1 aromatic rings. The Morgan fingerprint density at radius 3 is 2.93 bits per heavy atom. The van der Waals surface area contributed by atoms with Crippen LogP contribution in [0.5, 0.6) is 0 Å². The zero-order valence-electron chi connectivity index (χ0n) is 8.37. The molecule has 0 aromatic heterocycles. The van der Waals surface area contributed by atoms with E-state index in [1.807, 2.05) is 18.2 Å². The molecule has 1 fully saturated rings. The zero-order chi connectivity index (χ0) is 10.8. The quantitative estimate of drug-likeness (QED) is 0.897. The van der Waals surface area contributed by atoms with Gasteiger partial charge in [-0.15, -0.1) is 0 Å². The number of ether oxygens (including phenoxy) is 1. The topological polar surface area (TPSA) is 38.3 Å². The van der Waals surface area contributed by atoms with Crippen LogP contribution in [-0.2, 0) is 4.74 Å². The number of nitrogens with one attached hydrogen (secondary N) is 1. The van der Waals surface area contributed by atoms with Crippen molar-refractivity contribution in [3.05, 3.63) is 34.3 Å². The third-order valence-electron chi connectivity index (χ3n) is 2.58. The molecule has 15 heavy (non-hydrogen) atoms. The van der Waals surface area contributed by atoms with E-state index in [4.69, 9.17) is 0 Å². The van der Waals surface area contributed by atoms with E-state index in [9.17, 15) is 4.79 Å². The highest BCUT2D eigenvalue weighted by molar-refractivity contribution is 9.10. The number of hydrogen-bond donors (Lipinski definition) is 1. The summed E-state index contributed by atoms with van der Waals surface area (Å²) in [5.74, 6) is 0.416. The van der Waals surface area contributed by atoms with E-state index < -0.39 is 0 Å². The standard InChI is InChI=1S/C11H12BrNO2/c1-15-11(14)13-10-6-8(10)7-4-2-3-5-9(7)12/h2-5,8,10H,6H2,1H3,(H,13,14)/t8-,10-/m1/s1. The lowest BCUT2D eigenvalue weighted by molar-refractivity contribution is 0.170. The van der Waals surface area contributed by atoms with E-state index in [2.05, 4.69) is 32.0 Å². The Morgan fingerprint density at radius 2 is 2.27 bits per heavy atom. The second-order valence-corrected chi connectivity index (χ2v) is 4.46. The maximum absolute atomic E-state index is 11.0. The van der Waals surface area contributed by atoms with E-state index in [1.165, 1.54) is 12.7 Å². The van der Waals surface area contributed by atoms with Crippen LogP contribution in [0.4, 0.5) is 4.79 Å². The van der Waals surface area contributed by atoms with E-state index in [1.54, 1.807) is 0 Å². The van der Waals surface area contributed by atoms with Crippen LogP contribution in [0.1, 0.15) is 17.9 Å². The second-order valence-electron chi connectivity index (χ2n) is 3.61. The van der Waals surface area contributed by atoms with Crippen molar-refractivity contribution >= 4 is 22.0 Å². The molecule has 2 atom stereocenters. The summed E-state index contributed by atoms with van der Waals surface area (Å²) in [5, 5.41) is 2.80. The van der Waals surface area contributed by atoms with Gasteiger partial charge >= 0.3 is 6.09 Å². The molecular weight excluding hydrogens is 258 g/mol. The monoisotopic (exact) mass is 269 g/mol. The van der Waals surface area contributed by atoms with Gasteiger partial charge in [0, 0.05) is 16.4 Å². The fourth-order valence-electron chi connectivity index (χ4n) is 1.68. The first kappa shape index (κ1) is 10.5. The highest BCUT2D eigenvalue weighted by Crippen LogP contribution is 2.43. The molecule has 1 aliphatic rings. The van der Waals surface area contributed by atoms with Crippen molar-refractivity contribution in [2.45, 2.75) is 18.4 Å². The van der Waals surface area contributed by atoms with Crippen molar-refractivity contribution in [3.63, 3.8) is 0 Å². The van der Waals surface area contributed by atoms with Gasteiger partial charge in [0.2, 0.25) is 0 Å². The Kier molecular flexibility index (Phi) is 2.95. The van der Waals surface area contributed by atoms with Gasteiger partial charge in [0.05, 0.1) is 7.11 Å². The minimum atomic E-state index is -0.352. The largest absolute Gasteiger partial charge is 0.453 e. The van der Waals surface area contributed by atoms with Crippen LogP contribution < -0.4 is 5.32 Å². The SMILES string of the molecule is COC(=O)N[C@@H]1C[C@@H]1c1ccccc1Br. The van der Waals surface area contributed by atoms with Crippen LogP contribution in [0.25, 0.3) is 0 Å². The van der Waals surface area contributed by atoms with E-state index in [-0.39, 0.29) is 12.1 Å². The van der Waals surface area contributed by atoms with Crippen molar-refractivity contribution in [1.82, 2.24) is 5.32 Å². The summed E-state index contributed by atoms with van der Waals surface area (Å²) in [6.45, 7) is 0. The number of carbonyl (C=O) groups excluding carboxylic acids is 1. The van der Waals surface area contributed by atoms with Crippen molar-refractivity contribution in [1.29, 1.82) is 0 Å². The Morgan fingerprint density at radius 1 is 1.53 bits per heavy atom. The molecule has 0 spiro atoms. The maximum atomic E-state index is 11.0. The van der Waals surface area contributed by atoms with Crippen molar-refractivity contribution in [2.24, 2.45) is 0 Å². The Labute approximate surface area is 96.9 Å². The minimum Gasteiger partial charge on any atom is -0.453 e. The number of hydrogen-bond acceptors (Lipinski definition) is 2. The van der Waals surface area contributed by atoms with Crippen LogP contribution in [0.2, 0.25) is 0 Å². The Bertz CT molecular complexity index is 381. The first-order valence-corrected chi connectivity index (χ1v) is 5.60. The molecule has 1 aromatic carbocycles. The molecule has 4 heteroatoms. The molecule has 0 radical (unpaired) electrons. The first-order chi connectivity index (χ1) is 7.22. The molecule has 0 saturated heterocycles. The number of rotatable bonds is 2. The van der Waals surface area contributed by atoms with Gasteiger partial charge in [-0.3, -0.25) is 0 Å². The minimum absolute atomic E-state index is 0.219. The summed E-state index contributed by atoms with van der Waals surface area (Å²) in [4.78, 5) is 11.0. The maximum Gasteiger partial charge on any atom is 0.407 e. The number of alkyl carbamates (subject to hydrolysis) is 1. The van der Waals surface area contributed by atoms with Crippen molar-refractivity contribution in [2.75, 3.05) is 7.11 Å². The van der Waals surface area contributed by atoms with Crippen LogP contribution in [0.15, 0.2) is 28.7 Å². The molecule has 1 N–H and O–H groups in total. The van der Waals surface area contributed by atoms with Gasteiger partial charge in [-0.1, -0.05) is 34.1 Å². The Hall–Kier alpha value is -1.03. The molecule has 1 aliphatic carbocycles. The second kappa shape index (κ2) is 4.23. The highest BCUT2D eigenvalue weighted by atomic mass is 79.9. The third kappa shape index (κ3) is 2.31. The van der Waals surface area contributed by atoms with Gasteiger partial charge in [-0.2, -0.15) is 0 Å². The summed E-state index contributed by atoms with van der Waals surface area (Å²) in [7, 11) is 1.38. The molecular formula is C11H12BrNO2. The molecule has 0 heterocycles. The Balaban J connectivity index is 1.99. The first-order valence-electron chi connectivity index (χ1n) is 4.81. The number of methoxy groups -OCH3 is 1. The van der Waals surface area contributed by atoms with Crippen LogP contribution in [0.3, 0.4) is 0 Å². The van der Waals surface area contributed by atoms with Gasteiger partial charge in [-0.25, -0.2) is 4.79 Å². The van der Waals surface area contributed by atoms with Crippen molar-refractivity contribution in [3.8, 4) is 0 Å². The zero-order valence-corrected chi connectivity index (χ0v) is 9.95. The summed E-state index contributed by atoms with van der Waals surface area (Å²) < 4.78 is 5.65. The predicted molar refractivity (Wildman–Crippen MR) is 60.8 cm³/mol. The van der Waals surface area contributed by atoms with Crippen LogP contribution >= 0.6 is 15.9 Å². The number of amides is 1. The van der Waals surface area contributed by atoms with Gasteiger partial charge in [0.15, 0.2) is 0 Å². The summed E-state index contributed by atoms with van der Waals surface area (Å²) in [6, 6.07) is 8.30. The molecule has 0 bridgehead atoms. The van der Waals surface area contributed by atoms with E-state index in [0.29, 0.717) is 5.92 Å². The van der Waals surface area contributed by atoms with Gasteiger partial charge in [0.1, 0.15) is 0 Å². The summed E-state index contributed by atoms with van der Waals surface area (Å²) in [5.41, 5.74) is 1.25. The molecule has 0 unspecified atom stereocenters. The smallest absolute Gasteiger partial charge is 0.407 e. The third-order valence-corrected chi connectivity index (χ3v) is 3.31. The molecule has 0 aliphatic heterocycles. The molecule has 80 valence electrons. The predicted octanol–water partition coefficient (Wildman–Crippen LogP) is 2.66. The lowest BCUT2D eigenvalue weighted by Crippen LogP contribution is -2.26. The molecule has 1 saturated carbocycles. The van der Waals surface area contributed by atoms with Gasteiger partial charge in [-0.05, 0) is 18.1 Å². The molecule has 2 rings (SSSR count). The summed E-state index contributed by atoms with van der Waals surface area (Å²) in [6.07, 6.45) is 0.632. The molecule has 1 amide bonds. The van der Waals surface area contributed by atoms with E-state index in [0.717, 1.165) is 10.9 Å². The number of benzene rings is 1. The number of carbonyl (C=O) groups is 1. The summed E-state index contributed by atoms with van der Waals surface area (Å²) >= 11 is 3.50. The lowest BCUT2D eigenvalue weighted by atomic mass is 10.1. The normalized spacial score (nSPS) is 23.3. The van der Waals surface area contributed by atoms with E-state index >= 15 is 0 Å². The van der Waals surface area contributed by atoms with Gasteiger partial charge in [0.25, 0.3) is 0 Å². The lowest BCUT2D eigenvalue weighted by Gasteiger charge is -2.04. The average Bonchev–Trinajstić information content (AvgIpc) is 2.97. The number of halogens is 1. The van der Waals surface area contributed by atoms with Gasteiger partial charge < -0.3 is 10.1 Å². The van der Waals surface area contributed by atoms with Crippen LogP contribution in [0, 0.1) is 0 Å². The molecule has 3 nitrogen and oxygen atoms in total.